The normalized spacial score (nSPS) is 14.5. The minimum Gasteiger partial charge on any atom is -0.467 e. The maximum absolute atomic E-state index is 12.1. The van der Waals surface area contributed by atoms with Gasteiger partial charge in [0.1, 0.15) is 5.54 Å². The van der Waals surface area contributed by atoms with E-state index in [9.17, 15) is 4.79 Å². The summed E-state index contributed by atoms with van der Waals surface area (Å²) in [5.41, 5.74) is -0.543. The molecule has 0 bridgehead atoms. The average Bonchev–Trinajstić information content (AvgIpc) is 2.40. The molecule has 0 saturated carbocycles. The summed E-state index contributed by atoms with van der Waals surface area (Å²) in [5, 5.41) is 3.86. The van der Waals surface area contributed by atoms with Crippen LogP contribution in [0.2, 0.25) is 5.02 Å². The first-order valence-electron chi connectivity index (χ1n) is 6.40. The van der Waals surface area contributed by atoms with Crippen LogP contribution in [0, 0.1) is 0 Å². The van der Waals surface area contributed by atoms with Gasteiger partial charge in [-0.2, -0.15) is 0 Å². The van der Waals surface area contributed by atoms with Crippen molar-refractivity contribution < 1.29 is 14.3 Å². The molecule has 112 valence electrons. The third-order valence-electron chi connectivity index (χ3n) is 3.23. The third kappa shape index (κ3) is 4.39. The molecule has 0 radical (unpaired) electrons. The Morgan fingerprint density at radius 2 is 1.75 bits per heavy atom. The van der Waals surface area contributed by atoms with E-state index in [1.165, 1.54) is 7.11 Å². The first kappa shape index (κ1) is 16.8. The van der Waals surface area contributed by atoms with Gasteiger partial charge in [-0.3, -0.25) is 0 Å². The lowest BCUT2D eigenvalue weighted by atomic mass is 9.87. The number of halogens is 1. The molecule has 0 saturated heterocycles. The molecule has 0 heterocycles. The average molecular weight is 300 g/mol. The monoisotopic (exact) mass is 299 g/mol. The molecular formula is C15H22ClNO3. The fourth-order valence-corrected chi connectivity index (χ4v) is 2.29. The fraction of sp³-hybridized carbons (Fsp3) is 0.533. The number of carbonyl (C=O) groups is 1. The van der Waals surface area contributed by atoms with Crippen molar-refractivity contribution in [2.24, 2.45) is 0 Å². The van der Waals surface area contributed by atoms with Gasteiger partial charge in [-0.05, 0) is 45.0 Å². The molecule has 1 atom stereocenters. The van der Waals surface area contributed by atoms with Crippen LogP contribution in [0.5, 0.6) is 0 Å². The molecule has 0 aliphatic rings. The molecule has 4 nitrogen and oxygen atoms in total. The maximum Gasteiger partial charge on any atom is 0.331 e. The third-order valence-corrected chi connectivity index (χ3v) is 3.48. The van der Waals surface area contributed by atoms with Gasteiger partial charge in [-0.25, -0.2) is 4.79 Å². The number of esters is 1. The summed E-state index contributed by atoms with van der Waals surface area (Å²) in [6.45, 7) is 5.66. The Morgan fingerprint density at radius 1 is 1.20 bits per heavy atom. The first-order valence-corrected chi connectivity index (χ1v) is 6.77. The van der Waals surface area contributed by atoms with Crippen molar-refractivity contribution >= 4 is 23.3 Å². The Labute approximate surface area is 125 Å². The summed E-state index contributed by atoms with van der Waals surface area (Å²) < 4.78 is 10.3. The van der Waals surface area contributed by atoms with Gasteiger partial charge < -0.3 is 14.8 Å². The molecule has 1 unspecified atom stereocenters. The van der Waals surface area contributed by atoms with Gasteiger partial charge in [0, 0.05) is 24.2 Å². The predicted molar refractivity (Wildman–Crippen MR) is 81.2 cm³/mol. The van der Waals surface area contributed by atoms with Gasteiger partial charge in [0.2, 0.25) is 0 Å². The highest BCUT2D eigenvalue weighted by molar-refractivity contribution is 6.30. The zero-order valence-corrected chi connectivity index (χ0v) is 13.4. The summed E-state index contributed by atoms with van der Waals surface area (Å²) in [7, 11) is 3.00. The molecule has 0 fully saturated rings. The van der Waals surface area contributed by atoms with E-state index in [-0.39, 0.29) is 5.97 Å². The number of methoxy groups -OCH3 is 2. The molecule has 1 N–H and O–H groups in total. The molecular weight excluding hydrogens is 278 g/mol. The number of hydrogen-bond donors (Lipinski definition) is 1. The van der Waals surface area contributed by atoms with Crippen molar-refractivity contribution in [1.82, 2.24) is 0 Å². The van der Waals surface area contributed by atoms with Crippen molar-refractivity contribution in [3.63, 3.8) is 0 Å². The van der Waals surface area contributed by atoms with Gasteiger partial charge >= 0.3 is 5.97 Å². The fourth-order valence-electron chi connectivity index (χ4n) is 2.17. The molecule has 0 aromatic heterocycles. The van der Waals surface area contributed by atoms with E-state index in [4.69, 9.17) is 21.1 Å². The van der Waals surface area contributed by atoms with Crippen molar-refractivity contribution in [2.45, 2.75) is 38.3 Å². The molecule has 0 spiro atoms. The number of nitrogens with one attached hydrogen (secondary N) is 1. The summed E-state index contributed by atoms with van der Waals surface area (Å²) in [6.07, 6.45) is 0.464. The number of hydrogen-bond acceptors (Lipinski definition) is 4. The van der Waals surface area contributed by atoms with Crippen LogP contribution in [0.1, 0.15) is 27.2 Å². The molecule has 0 amide bonds. The van der Waals surface area contributed by atoms with E-state index >= 15 is 0 Å². The van der Waals surface area contributed by atoms with Gasteiger partial charge in [0.05, 0.1) is 12.7 Å². The van der Waals surface area contributed by atoms with E-state index in [2.05, 4.69) is 5.32 Å². The Balaban J connectivity index is 2.99. The van der Waals surface area contributed by atoms with E-state index < -0.39 is 11.1 Å². The van der Waals surface area contributed by atoms with Crippen LogP contribution in [0.3, 0.4) is 0 Å². The lowest BCUT2D eigenvalue weighted by Gasteiger charge is -2.36. The summed E-state index contributed by atoms with van der Waals surface area (Å²) in [5.74, 6) is -0.336. The summed E-state index contributed by atoms with van der Waals surface area (Å²) in [6, 6.07) is 7.18. The Hall–Kier alpha value is -1.26. The van der Waals surface area contributed by atoms with Gasteiger partial charge in [0.25, 0.3) is 0 Å². The molecule has 1 rings (SSSR count). The van der Waals surface area contributed by atoms with Gasteiger partial charge in [-0.15, -0.1) is 0 Å². The second-order valence-corrected chi connectivity index (χ2v) is 6.03. The highest BCUT2D eigenvalue weighted by atomic mass is 35.5. The molecule has 1 aromatic carbocycles. The van der Waals surface area contributed by atoms with Crippen molar-refractivity contribution in [3.8, 4) is 0 Å². The van der Waals surface area contributed by atoms with Crippen molar-refractivity contribution in [2.75, 3.05) is 19.5 Å². The van der Waals surface area contributed by atoms with Gasteiger partial charge in [0.15, 0.2) is 0 Å². The van der Waals surface area contributed by atoms with E-state index in [1.54, 1.807) is 26.2 Å². The maximum atomic E-state index is 12.1. The smallest absolute Gasteiger partial charge is 0.331 e. The lowest BCUT2D eigenvalue weighted by Crippen LogP contribution is -2.49. The predicted octanol–water partition coefficient (Wildman–Crippen LogP) is 3.50. The quantitative estimate of drug-likeness (QED) is 0.817. The van der Waals surface area contributed by atoms with E-state index in [0.717, 1.165) is 5.69 Å². The Morgan fingerprint density at radius 3 is 2.20 bits per heavy atom. The molecule has 5 heteroatoms. The minimum atomic E-state index is -0.887. The summed E-state index contributed by atoms with van der Waals surface area (Å²) >= 11 is 5.86. The standard InChI is InChI=1S/C15H22ClNO3/c1-14(2,20-5)10-15(3,13(18)19-4)17-12-8-6-11(16)7-9-12/h6-9,17H,10H2,1-5H3. The number of ether oxygens (including phenoxy) is 2. The highest BCUT2D eigenvalue weighted by Crippen LogP contribution is 2.28. The zero-order chi connectivity index (χ0) is 15.4. The number of carbonyl (C=O) groups excluding carboxylic acids is 1. The Kier molecular flexibility index (Phi) is 5.42. The van der Waals surface area contributed by atoms with E-state index in [0.29, 0.717) is 11.4 Å². The SMILES string of the molecule is COC(=O)C(C)(CC(C)(C)OC)Nc1ccc(Cl)cc1. The van der Waals surface area contributed by atoms with E-state index in [1.807, 2.05) is 26.0 Å². The second kappa shape index (κ2) is 6.46. The molecule has 0 aliphatic carbocycles. The first-order chi connectivity index (χ1) is 9.22. The van der Waals surface area contributed by atoms with Gasteiger partial charge in [-0.1, -0.05) is 11.6 Å². The topological polar surface area (TPSA) is 47.6 Å². The lowest BCUT2D eigenvalue weighted by molar-refractivity contribution is -0.148. The van der Waals surface area contributed by atoms with Crippen LogP contribution >= 0.6 is 11.6 Å². The number of rotatable bonds is 6. The minimum absolute atomic E-state index is 0.336. The number of anilines is 1. The summed E-state index contributed by atoms with van der Waals surface area (Å²) in [4.78, 5) is 12.1. The molecule has 1 aromatic rings. The largest absolute Gasteiger partial charge is 0.467 e. The van der Waals surface area contributed by atoms with Crippen molar-refractivity contribution in [3.05, 3.63) is 29.3 Å². The van der Waals surface area contributed by atoms with Crippen molar-refractivity contribution in [1.29, 1.82) is 0 Å². The second-order valence-electron chi connectivity index (χ2n) is 5.60. The van der Waals surface area contributed by atoms with Crippen LogP contribution in [-0.2, 0) is 14.3 Å². The van der Waals surface area contributed by atoms with Crippen LogP contribution in [0.25, 0.3) is 0 Å². The highest BCUT2D eigenvalue weighted by Gasteiger charge is 2.40. The molecule has 0 aliphatic heterocycles. The Bertz CT molecular complexity index is 459. The number of benzene rings is 1. The van der Waals surface area contributed by atoms with Crippen LogP contribution in [-0.4, -0.2) is 31.3 Å². The zero-order valence-electron chi connectivity index (χ0n) is 12.6. The van der Waals surface area contributed by atoms with Crippen LogP contribution in [0.4, 0.5) is 5.69 Å². The van der Waals surface area contributed by atoms with Crippen LogP contribution in [0.15, 0.2) is 24.3 Å². The van der Waals surface area contributed by atoms with Crippen LogP contribution < -0.4 is 5.32 Å². The molecule has 20 heavy (non-hydrogen) atoms.